The van der Waals surface area contributed by atoms with Crippen LogP contribution in [0.3, 0.4) is 0 Å². The van der Waals surface area contributed by atoms with Crippen LogP contribution in [-0.2, 0) is 67.9 Å². The lowest BCUT2D eigenvalue weighted by Gasteiger charge is -2.27. The molecule has 1 fully saturated rings. The maximum atomic E-state index is 11.8. The number of nitrogens with zero attached hydrogens (tertiary/aromatic N) is 3. The molecule has 0 atom stereocenters. The summed E-state index contributed by atoms with van der Waals surface area (Å²) in [5.41, 5.74) is 7.06. The van der Waals surface area contributed by atoms with Crippen molar-refractivity contribution in [3.8, 4) is 0 Å². The molecule has 358 valence electrons. The van der Waals surface area contributed by atoms with Gasteiger partial charge in [0.2, 0.25) is 5.69 Å². The normalized spacial score (nSPS) is 17.0. The lowest BCUT2D eigenvalue weighted by Crippen LogP contribution is -3.00. The van der Waals surface area contributed by atoms with E-state index in [1.807, 2.05) is 0 Å². The number of hydroxylamine groups is 2. The van der Waals surface area contributed by atoms with E-state index < -0.39 is 17.8 Å². The van der Waals surface area contributed by atoms with Gasteiger partial charge in [0.05, 0.1) is 104 Å². The summed E-state index contributed by atoms with van der Waals surface area (Å²) in [5, 5.41) is 0.532. The maximum Gasteiger partial charge on any atom is 0.335 e. The van der Waals surface area contributed by atoms with Gasteiger partial charge < -0.3 is 60.0 Å². The van der Waals surface area contributed by atoms with Gasteiger partial charge in [-0.05, 0) is 31.6 Å². The van der Waals surface area contributed by atoms with Gasteiger partial charge in [-0.2, -0.15) is 4.58 Å². The highest BCUT2D eigenvalue weighted by molar-refractivity contribution is 6.03. The summed E-state index contributed by atoms with van der Waals surface area (Å²) in [6, 6.07) is 17.2. The number of carbonyl (C=O) groups excluding carboxylic acids is 3. The maximum absolute atomic E-state index is 11.8. The summed E-state index contributed by atoms with van der Waals surface area (Å²) < 4.78 is 47.1. The molecule has 5 rings (SSSR count). The predicted molar refractivity (Wildman–Crippen MR) is 242 cm³/mol. The number of hydrogen-bond acceptors (Lipinski definition) is 13. The second-order valence-corrected chi connectivity index (χ2v) is 16.3. The first-order chi connectivity index (χ1) is 31.1. The molecule has 3 aliphatic rings. The summed E-state index contributed by atoms with van der Waals surface area (Å²) in [4.78, 5) is 42.1. The van der Waals surface area contributed by atoms with Gasteiger partial charge in [-0.3, -0.25) is 9.59 Å². The number of benzene rings is 2. The van der Waals surface area contributed by atoms with Gasteiger partial charge in [0.15, 0.2) is 12.3 Å². The van der Waals surface area contributed by atoms with Crippen LogP contribution in [-0.4, -0.2) is 152 Å². The highest BCUT2D eigenvalue weighted by atomic mass is 35.5. The number of ether oxygens (including phenoxy) is 8. The Morgan fingerprint density at radius 3 is 1.77 bits per heavy atom. The van der Waals surface area contributed by atoms with E-state index in [0.29, 0.717) is 97.5 Å². The molecule has 16 heteroatoms. The minimum absolute atomic E-state index is 0. The molecule has 0 aliphatic carbocycles. The first-order valence-corrected chi connectivity index (χ1v) is 22.3. The lowest BCUT2D eigenvalue weighted by molar-refractivity contribution is -0.442. The van der Waals surface area contributed by atoms with Crippen LogP contribution >= 0.6 is 0 Å². The molecule has 0 radical (unpaired) electrons. The van der Waals surface area contributed by atoms with Crippen LogP contribution in [0.25, 0.3) is 0 Å². The Labute approximate surface area is 390 Å². The van der Waals surface area contributed by atoms with Crippen LogP contribution in [0.1, 0.15) is 58.1 Å². The van der Waals surface area contributed by atoms with Gasteiger partial charge in [0, 0.05) is 61.0 Å². The molecule has 0 saturated carbocycles. The van der Waals surface area contributed by atoms with E-state index in [2.05, 4.69) is 116 Å². The zero-order chi connectivity index (χ0) is 45.6. The molecule has 0 aromatic heterocycles. The molecule has 0 spiro atoms. The molecular weight excluding hydrogens is 858 g/mol. The van der Waals surface area contributed by atoms with Crippen molar-refractivity contribution in [3.63, 3.8) is 0 Å². The summed E-state index contributed by atoms with van der Waals surface area (Å²) in [6.45, 7) is 17.3. The van der Waals surface area contributed by atoms with Crippen molar-refractivity contribution in [1.82, 2.24) is 5.06 Å². The molecule has 3 heterocycles. The number of methoxy groups -OCH3 is 1. The van der Waals surface area contributed by atoms with Crippen LogP contribution in [0, 0.1) is 0 Å². The van der Waals surface area contributed by atoms with Crippen LogP contribution in [0.5, 0.6) is 0 Å². The SMILES string of the molecule is COCCOCCOCCOCC[N+]1=C(/C=C/C=C/C=C2\N(CCOCCOCCOCCOCCC(=O)ON3C(=O)CCC3=O)c3ccccc3C2(C)C)C(C)(C)c2ccccc21.[Cl-]. The highest BCUT2D eigenvalue weighted by Gasteiger charge is 2.44. The summed E-state index contributed by atoms with van der Waals surface area (Å²) in [5.74, 6) is -1.71. The van der Waals surface area contributed by atoms with Crippen molar-refractivity contribution in [1.29, 1.82) is 0 Å². The number of para-hydroxylation sites is 2. The monoisotopic (exact) mass is 925 g/mol. The molecule has 2 aromatic rings. The Morgan fingerprint density at radius 2 is 1.15 bits per heavy atom. The molecule has 3 aliphatic heterocycles. The molecule has 0 bridgehead atoms. The topological polar surface area (TPSA) is 144 Å². The van der Waals surface area contributed by atoms with Crippen LogP contribution in [0.15, 0.2) is 84.6 Å². The number of anilines is 1. The molecular formula is C49H68ClN3O12. The van der Waals surface area contributed by atoms with Gasteiger partial charge in [-0.25, -0.2) is 4.79 Å². The molecule has 65 heavy (non-hydrogen) atoms. The number of allylic oxidation sites excluding steroid dienone is 6. The van der Waals surface area contributed by atoms with Crippen molar-refractivity contribution < 1.29 is 74.1 Å². The first-order valence-electron chi connectivity index (χ1n) is 22.3. The number of fused-ring (bicyclic) bond motifs is 2. The average Bonchev–Trinajstić information content (AvgIpc) is 3.80. The van der Waals surface area contributed by atoms with Gasteiger partial charge in [-0.1, -0.05) is 68.5 Å². The Kier molecular flexibility index (Phi) is 23.0. The quantitative estimate of drug-likeness (QED) is 0.0474. The fourth-order valence-electron chi connectivity index (χ4n) is 7.84. The Morgan fingerprint density at radius 1 is 0.631 bits per heavy atom. The number of amides is 2. The molecule has 1 saturated heterocycles. The van der Waals surface area contributed by atoms with E-state index in [1.54, 1.807) is 7.11 Å². The lowest BCUT2D eigenvalue weighted by atomic mass is 9.81. The third kappa shape index (κ3) is 15.7. The largest absolute Gasteiger partial charge is 1.00 e. The Bertz CT molecular complexity index is 1930. The van der Waals surface area contributed by atoms with E-state index in [0.717, 1.165) is 6.54 Å². The molecule has 0 unspecified atom stereocenters. The minimum Gasteiger partial charge on any atom is -1.00 e. The number of halogens is 1. The van der Waals surface area contributed by atoms with Crippen LogP contribution < -0.4 is 17.3 Å². The fraction of sp³-hybridized carbons (Fsp3) is 0.551. The zero-order valence-corrected chi connectivity index (χ0v) is 39.5. The molecule has 2 amide bonds. The summed E-state index contributed by atoms with van der Waals surface area (Å²) in [6.07, 6.45) is 10.8. The van der Waals surface area contributed by atoms with Gasteiger partial charge in [-0.15, -0.1) is 5.06 Å². The van der Waals surface area contributed by atoms with Crippen molar-refractivity contribution in [2.75, 3.05) is 124 Å². The second kappa shape index (κ2) is 28.0. The second-order valence-electron chi connectivity index (χ2n) is 16.3. The zero-order valence-electron chi connectivity index (χ0n) is 38.8. The van der Waals surface area contributed by atoms with Crippen molar-refractivity contribution in [2.45, 2.75) is 57.8 Å². The number of hydrogen-bond donors (Lipinski definition) is 0. The van der Waals surface area contributed by atoms with Crippen LogP contribution in [0.2, 0.25) is 0 Å². The van der Waals surface area contributed by atoms with Gasteiger partial charge in [0.1, 0.15) is 6.61 Å². The first kappa shape index (κ1) is 53.3. The molecule has 15 nitrogen and oxygen atoms in total. The third-order valence-corrected chi connectivity index (χ3v) is 11.2. The standard InChI is InChI=1S/C49H68N3O12.ClH/c1-48(2)39-13-9-11-15-41(39)50(22-25-58-30-33-62-36-35-60-28-27-56-5)43(48)17-7-6-8-18-44-49(3,4)40-14-10-12-16-42(40)51(44)23-26-59-31-34-63-38-37-61-32-29-57-24-21-47(55)64-52-45(53)19-20-46(52)54;/h6-18H,19-38H2,1-5H3;1H/q+1;/p-1. The smallest absolute Gasteiger partial charge is 0.335 e. The van der Waals surface area contributed by atoms with Gasteiger partial charge in [0.25, 0.3) is 11.8 Å². The van der Waals surface area contributed by atoms with E-state index in [1.165, 1.54) is 33.9 Å². The summed E-state index contributed by atoms with van der Waals surface area (Å²) in [7, 11) is 1.66. The van der Waals surface area contributed by atoms with Crippen LogP contribution in [0.4, 0.5) is 11.4 Å². The predicted octanol–water partition coefficient (Wildman–Crippen LogP) is 2.62. The average molecular weight is 927 g/mol. The van der Waals surface area contributed by atoms with Crippen molar-refractivity contribution in [3.05, 3.63) is 95.7 Å². The number of imide groups is 1. The fourth-order valence-corrected chi connectivity index (χ4v) is 7.84. The number of carbonyl (C=O) groups is 3. The van der Waals surface area contributed by atoms with Gasteiger partial charge >= 0.3 is 5.97 Å². The van der Waals surface area contributed by atoms with E-state index in [9.17, 15) is 14.4 Å². The van der Waals surface area contributed by atoms with E-state index >= 15 is 0 Å². The third-order valence-electron chi connectivity index (χ3n) is 11.2. The van der Waals surface area contributed by atoms with Crippen molar-refractivity contribution >= 4 is 34.9 Å². The minimum atomic E-state index is -0.695. The Hall–Kier alpha value is -4.29. The highest BCUT2D eigenvalue weighted by Crippen LogP contribution is 2.47. The molecule has 0 N–H and O–H groups in total. The Balaban J connectivity index is 0.00000925. The van der Waals surface area contributed by atoms with E-state index in [-0.39, 0.29) is 55.7 Å². The molecule has 2 aromatic carbocycles. The number of rotatable bonds is 31. The summed E-state index contributed by atoms with van der Waals surface area (Å²) >= 11 is 0. The van der Waals surface area contributed by atoms with E-state index in [4.69, 9.17) is 42.7 Å². The van der Waals surface area contributed by atoms with Crippen molar-refractivity contribution in [2.24, 2.45) is 0 Å².